The van der Waals surface area contributed by atoms with Crippen molar-refractivity contribution in [3.8, 4) is 6.07 Å². The molecular formula is C28H29FN4O. The van der Waals surface area contributed by atoms with E-state index in [0.29, 0.717) is 28.9 Å². The highest BCUT2D eigenvalue weighted by Crippen LogP contribution is 2.58. The number of azo groups is 1. The van der Waals surface area contributed by atoms with Gasteiger partial charge < -0.3 is 5.32 Å². The van der Waals surface area contributed by atoms with E-state index in [0.717, 1.165) is 12.0 Å². The molecule has 1 aliphatic carbocycles. The Labute approximate surface area is 200 Å². The van der Waals surface area contributed by atoms with Gasteiger partial charge in [0, 0.05) is 11.8 Å². The lowest BCUT2D eigenvalue weighted by Gasteiger charge is -2.41. The van der Waals surface area contributed by atoms with Crippen molar-refractivity contribution in [3.05, 3.63) is 96.5 Å². The number of nitriles is 1. The first-order chi connectivity index (χ1) is 16.2. The van der Waals surface area contributed by atoms with Gasteiger partial charge in [-0.15, -0.1) is 0 Å². The average Bonchev–Trinajstić information content (AvgIpc) is 3.07. The Hall–Kier alpha value is -3.85. The predicted molar refractivity (Wildman–Crippen MR) is 133 cm³/mol. The van der Waals surface area contributed by atoms with E-state index in [9.17, 15) is 14.4 Å². The molecule has 2 aromatic rings. The highest BCUT2D eigenvalue weighted by molar-refractivity contribution is 5.97. The van der Waals surface area contributed by atoms with Crippen LogP contribution < -0.4 is 5.32 Å². The first kappa shape index (κ1) is 24.8. The molecule has 0 spiro atoms. The molecule has 5 nitrogen and oxygen atoms in total. The summed E-state index contributed by atoms with van der Waals surface area (Å²) in [6.07, 6.45) is 4.40. The van der Waals surface area contributed by atoms with Crippen molar-refractivity contribution in [3.63, 3.8) is 0 Å². The maximum atomic E-state index is 14.5. The van der Waals surface area contributed by atoms with Crippen LogP contribution in [0.5, 0.6) is 0 Å². The molecule has 1 aliphatic rings. The number of hydrogen-bond donors (Lipinski definition) is 1. The highest BCUT2D eigenvalue weighted by Gasteiger charge is 2.56. The maximum Gasteiger partial charge on any atom is 0.230 e. The molecule has 1 unspecified atom stereocenters. The topological polar surface area (TPSA) is 77.6 Å². The minimum atomic E-state index is -0.711. The van der Waals surface area contributed by atoms with E-state index in [4.69, 9.17) is 0 Å². The van der Waals surface area contributed by atoms with Crippen molar-refractivity contribution >= 4 is 17.3 Å². The Bertz CT molecular complexity index is 1220. The Balaban J connectivity index is 1.91. The van der Waals surface area contributed by atoms with Gasteiger partial charge in [0.05, 0.1) is 22.4 Å². The summed E-state index contributed by atoms with van der Waals surface area (Å²) < 4.78 is 14.5. The van der Waals surface area contributed by atoms with Crippen molar-refractivity contribution in [1.29, 1.82) is 5.26 Å². The quantitative estimate of drug-likeness (QED) is 0.351. The van der Waals surface area contributed by atoms with Crippen LogP contribution in [0, 0.1) is 33.9 Å². The number of rotatable bonds is 7. The summed E-state index contributed by atoms with van der Waals surface area (Å²) in [5, 5.41) is 20.3. The fourth-order valence-electron chi connectivity index (χ4n) is 4.71. The van der Waals surface area contributed by atoms with Crippen LogP contribution in [0.15, 0.2) is 89.8 Å². The average molecular weight is 457 g/mol. The van der Waals surface area contributed by atoms with Crippen molar-refractivity contribution in [2.75, 3.05) is 5.32 Å². The molecule has 1 N–H and O–H groups in total. The van der Waals surface area contributed by atoms with Gasteiger partial charge in [-0.1, -0.05) is 58.2 Å². The van der Waals surface area contributed by atoms with E-state index in [-0.39, 0.29) is 11.8 Å². The first-order valence-corrected chi connectivity index (χ1v) is 11.1. The number of amides is 1. The van der Waals surface area contributed by atoms with Crippen LogP contribution in [-0.4, -0.2) is 5.91 Å². The second-order valence-corrected chi connectivity index (χ2v) is 9.24. The number of hydrogen-bond acceptors (Lipinski definition) is 4. The number of para-hydroxylation sites is 1. The molecule has 0 saturated heterocycles. The third kappa shape index (κ3) is 4.60. The van der Waals surface area contributed by atoms with Gasteiger partial charge >= 0.3 is 0 Å². The maximum absolute atomic E-state index is 14.5. The first-order valence-electron chi connectivity index (χ1n) is 11.1. The lowest BCUT2D eigenvalue weighted by molar-refractivity contribution is -0.130. The monoisotopic (exact) mass is 456 g/mol. The Kier molecular flexibility index (Phi) is 7.26. The number of allylic oxidation sites excluding steroid dienone is 2. The Morgan fingerprint density at radius 2 is 1.88 bits per heavy atom. The molecule has 0 bridgehead atoms. The number of nitrogens with one attached hydrogen (secondary N) is 1. The number of carbonyl (C=O) groups is 1. The number of halogens is 1. The smallest absolute Gasteiger partial charge is 0.230 e. The minimum Gasteiger partial charge on any atom is -0.324 e. The van der Waals surface area contributed by atoms with Crippen molar-refractivity contribution in [1.82, 2.24) is 0 Å². The van der Waals surface area contributed by atoms with E-state index >= 15 is 0 Å². The summed E-state index contributed by atoms with van der Waals surface area (Å²) in [4.78, 5) is 13.5. The normalized spacial score (nSPS) is 21.7. The van der Waals surface area contributed by atoms with Crippen LogP contribution in [0.2, 0.25) is 0 Å². The molecule has 174 valence electrons. The number of nitrogens with zero attached hydrogens (tertiary/aromatic N) is 3. The number of carbonyl (C=O) groups excluding carboxylic acids is 1. The van der Waals surface area contributed by atoms with Gasteiger partial charge in [-0.05, 0) is 60.1 Å². The lowest BCUT2D eigenvalue weighted by atomic mass is 9.63. The van der Waals surface area contributed by atoms with Gasteiger partial charge in [-0.25, -0.2) is 4.39 Å². The molecular weight excluding hydrogens is 427 g/mol. The molecule has 0 radical (unpaired) electrons. The van der Waals surface area contributed by atoms with Crippen LogP contribution in [0.25, 0.3) is 5.70 Å². The van der Waals surface area contributed by atoms with Gasteiger partial charge in [0.1, 0.15) is 11.9 Å². The molecule has 34 heavy (non-hydrogen) atoms. The molecule has 0 heterocycles. The molecule has 2 atom stereocenters. The Morgan fingerprint density at radius 3 is 2.56 bits per heavy atom. The zero-order valence-electron chi connectivity index (χ0n) is 19.8. The molecule has 1 amide bonds. The third-order valence-electron chi connectivity index (χ3n) is 7.19. The van der Waals surface area contributed by atoms with Crippen LogP contribution in [-0.2, 0) is 4.79 Å². The SMILES string of the molecule is C=CN=N/C(=C\C(=C)[C@@H]1CCC(C)(C(=O)Nc2ccccc2C#N)C1(C)C)c1ccccc1F. The molecule has 1 fully saturated rings. The predicted octanol–water partition coefficient (Wildman–Crippen LogP) is 7.27. The molecule has 1 saturated carbocycles. The summed E-state index contributed by atoms with van der Waals surface area (Å²) in [5.74, 6) is -0.592. The summed E-state index contributed by atoms with van der Waals surface area (Å²) >= 11 is 0. The second kappa shape index (κ2) is 9.96. The summed E-state index contributed by atoms with van der Waals surface area (Å²) in [5.41, 5.74) is 1.15. The van der Waals surface area contributed by atoms with Gasteiger partial charge in [0.15, 0.2) is 0 Å². The lowest BCUT2D eigenvalue weighted by Crippen LogP contribution is -2.44. The van der Waals surface area contributed by atoms with E-state index in [1.807, 2.05) is 20.8 Å². The van der Waals surface area contributed by atoms with Gasteiger partial charge in [0.2, 0.25) is 5.91 Å². The third-order valence-corrected chi connectivity index (χ3v) is 7.19. The molecule has 6 heteroatoms. The number of anilines is 1. The van der Waals surface area contributed by atoms with E-state index in [1.165, 1.54) is 12.3 Å². The minimum absolute atomic E-state index is 0.0461. The zero-order valence-corrected chi connectivity index (χ0v) is 19.8. The molecule has 2 aromatic carbocycles. The summed E-state index contributed by atoms with van der Waals surface area (Å²) in [7, 11) is 0. The fraction of sp³-hybridized carbons (Fsp3) is 0.286. The zero-order chi connectivity index (χ0) is 24.9. The Morgan fingerprint density at radius 1 is 1.21 bits per heavy atom. The molecule has 0 aromatic heterocycles. The molecule has 0 aliphatic heterocycles. The van der Waals surface area contributed by atoms with Crippen LogP contribution in [0.3, 0.4) is 0 Å². The highest BCUT2D eigenvalue weighted by atomic mass is 19.1. The van der Waals surface area contributed by atoms with E-state index < -0.39 is 16.6 Å². The second-order valence-electron chi connectivity index (χ2n) is 9.24. The largest absolute Gasteiger partial charge is 0.324 e. The van der Waals surface area contributed by atoms with Gasteiger partial charge in [0.25, 0.3) is 0 Å². The number of benzene rings is 2. The van der Waals surface area contributed by atoms with E-state index in [2.05, 4.69) is 34.8 Å². The fourth-order valence-corrected chi connectivity index (χ4v) is 4.71. The van der Waals surface area contributed by atoms with Crippen molar-refractivity contribution < 1.29 is 9.18 Å². The van der Waals surface area contributed by atoms with Crippen LogP contribution in [0.4, 0.5) is 10.1 Å². The van der Waals surface area contributed by atoms with Crippen LogP contribution in [0.1, 0.15) is 44.7 Å². The van der Waals surface area contributed by atoms with E-state index in [1.54, 1.807) is 48.5 Å². The summed E-state index contributed by atoms with van der Waals surface area (Å²) in [6.45, 7) is 13.9. The standard InChI is InChI=1S/C28H29FN4O/c1-6-31-33-25(21-12-8-9-13-23(21)29)17-19(2)22-15-16-28(5,27(22,3)4)26(34)32-24-14-10-7-11-20(24)18-30/h6-14,17,22H,1-2,15-16H2,3-5H3,(H,32,34)/b25-17-,33-31?/t22-,28?/m0/s1. The molecule has 3 rings (SSSR count). The van der Waals surface area contributed by atoms with Crippen molar-refractivity contribution in [2.45, 2.75) is 33.6 Å². The van der Waals surface area contributed by atoms with Crippen molar-refractivity contribution in [2.24, 2.45) is 27.0 Å². The summed E-state index contributed by atoms with van der Waals surface area (Å²) in [6, 6.07) is 15.4. The van der Waals surface area contributed by atoms with Crippen LogP contribution >= 0.6 is 0 Å². The van der Waals surface area contributed by atoms with Gasteiger partial charge in [-0.2, -0.15) is 15.5 Å². The van der Waals surface area contributed by atoms with Gasteiger partial charge in [-0.3, -0.25) is 4.79 Å².